The number of benzene rings is 1. The molecule has 1 heterocycles. The van der Waals surface area contributed by atoms with Gasteiger partial charge in [-0.1, -0.05) is 0 Å². The summed E-state index contributed by atoms with van der Waals surface area (Å²) in [7, 11) is 1.79. The minimum atomic E-state index is 0.180. The SMILES string of the molecule is CNc1nccc(Nc2ccc(OC(C)C)cc2)n1. The van der Waals surface area contributed by atoms with Gasteiger partial charge in [0, 0.05) is 18.9 Å². The van der Waals surface area contributed by atoms with Gasteiger partial charge in [-0.25, -0.2) is 4.98 Å². The molecule has 1 aromatic carbocycles. The molecule has 19 heavy (non-hydrogen) atoms. The number of nitrogens with one attached hydrogen (secondary N) is 2. The van der Waals surface area contributed by atoms with Gasteiger partial charge < -0.3 is 15.4 Å². The monoisotopic (exact) mass is 258 g/mol. The van der Waals surface area contributed by atoms with Crippen LogP contribution in [0.5, 0.6) is 5.75 Å². The summed E-state index contributed by atoms with van der Waals surface area (Å²) in [6.45, 7) is 4.01. The van der Waals surface area contributed by atoms with Crippen molar-refractivity contribution in [3.8, 4) is 5.75 Å². The summed E-state index contributed by atoms with van der Waals surface area (Å²) in [5.74, 6) is 2.20. The number of aromatic nitrogens is 2. The van der Waals surface area contributed by atoms with E-state index in [0.29, 0.717) is 5.95 Å². The topological polar surface area (TPSA) is 59.1 Å². The molecular weight excluding hydrogens is 240 g/mol. The predicted molar refractivity (Wildman–Crippen MR) is 77.1 cm³/mol. The minimum Gasteiger partial charge on any atom is -0.491 e. The Morgan fingerprint density at radius 3 is 2.47 bits per heavy atom. The lowest BCUT2D eigenvalue weighted by Gasteiger charge is -2.11. The third-order valence-corrected chi connectivity index (χ3v) is 2.38. The Kier molecular flexibility index (Phi) is 4.18. The molecule has 0 fully saturated rings. The fraction of sp³-hybridized carbons (Fsp3) is 0.286. The number of hydrogen-bond donors (Lipinski definition) is 2. The van der Waals surface area contributed by atoms with Crippen LogP contribution in [0, 0.1) is 0 Å². The lowest BCUT2D eigenvalue weighted by molar-refractivity contribution is 0.242. The van der Waals surface area contributed by atoms with Gasteiger partial charge in [-0.3, -0.25) is 0 Å². The van der Waals surface area contributed by atoms with Crippen molar-refractivity contribution in [1.29, 1.82) is 0 Å². The highest BCUT2D eigenvalue weighted by Crippen LogP contribution is 2.19. The molecule has 0 saturated heterocycles. The average molecular weight is 258 g/mol. The molecule has 2 aromatic rings. The van der Waals surface area contributed by atoms with Crippen molar-refractivity contribution in [1.82, 2.24) is 9.97 Å². The fourth-order valence-electron chi connectivity index (χ4n) is 1.59. The van der Waals surface area contributed by atoms with Crippen molar-refractivity contribution >= 4 is 17.5 Å². The molecule has 0 spiro atoms. The van der Waals surface area contributed by atoms with Crippen molar-refractivity contribution < 1.29 is 4.74 Å². The van der Waals surface area contributed by atoms with Gasteiger partial charge >= 0.3 is 0 Å². The molecular formula is C14H18N4O. The lowest BCUT2D eigenvalue weighted by Crippen LogP contribution is -2.05. The van der Waals surface area contributed by atoms with Crippen LogP contribution in [-0.4, -0.2) is 23.1 Å². The Balaban J connectivity index is 2.06. The van der Waals surface area contributed by atoms with Crippen molar-refractivity contribution in [3.05, 3.63) is 36.5 Å². The molecule has 0 aliphatic carbocycles. The summed E-state index contributed by atoms with van der Waals surface area (Å²) in [6, 6.07) is 9.60. The largest absolute Gasteiger partial charge is 0.491 e. The van der Waals surface area contributed by atoms with Crippen molar-refractivity contribution in [2.75, 3.05) is 17.7 Å². The zero-order valence-corrected chi connectivity index (χ0v) is 11.3. The molecule has 0 bridgehead atoms. The highest BCUT2D eigenvalue weighted by Gasteiger charge is 2.00. The highest BCUT2D eigenvalue weighted by atomic mass is 16.5. The van der Waals surface area contributed by atoms with Crippen LogP contribution in [0.1, 0.15) is 13.8 Å². The third-order valence-electron chi connectivity index (χ3n) is 2.38. The van der Waals surface area contributed by atoms with Gasteiger partial charge in [0.15, 0.2) is 0 Å². The molecule has 0 aliphatic heterocycles. The van der Waals surface area contributed by atoms with Crippen LogP contribution >= 0.6 is 0 Å². The first-order valence-corrected chi connectivity index (χ1v) is 6.22. The molecule has 2 rings (SSSR count). The van der Waals surface area contributed by atoms with Crippen molar-refractivity contribution in [2.45, 2.75) is 20.0 Å². The Bertz CT molecular complexity index is 525. The van der Waals surface area contributed by atoms with E-state index >= 15 is 0 Å². The van der Waals surface area contributed by atoms with Crippen LogP contribution in [-0.2, 0) is 0 Å². The molecule has 0 aliphatic rings. The average Bonchev–Trinajstić information content (AvgIpc) is 2.41. The molecule has 100 valence electrons. The van der Waals surface area contributed by atoms with E-state index in [2.05, 4.69) is 20.6 Å². The van der Waals surface area contributed by atoms with Gasteiger partial charge in [0.25, 0.3) is 0 Å². The molecule has 0 saturated carbocycles. The lowest BCUT2D eigenvalue weighted by atomic mass is 10.3. The number of nitrogens with zero attached hydrogens (tertiary/aromatic N) is 2. The number of rotatable bonds is 5. The third kappa shape index (κ3) is 3.84. The second-order valence-corrected chi connectivity index (χ2v) is 4.33. The summed E-state index contributed by atoms with van der Waals surface area (Å²) >= 11 is 0. The molecule has 5 nitrogen and oxygen atoms in total. The standard InChI is InChI=1S/C14H18N4O/c1-10(2)19-12-6-4-11(5-7-12)17-13-8-9-16-14(15-3)18-13/h4-10H,1-3H3,(H2,15,16,17,18). The van der Waals surface area contributed by atoms with E-state index in [1.54, 1.807) is 13.2 Å². The van der Waals surface area contributed by atoms with Gasteiger partial charge in [0.1, 0.15) is 11.6 Å². The van der Waals surface area contributed by atoms with Crippen LogP contribution in [0.15, 0.2) is 36.5 Å². The molecule has 0 amide bonds. The first-order chi connectivity index (χ1) is 9.17. The Morgan fingerprint density at radius 2 is 1.84 bits per heavy atom. The predicted octanol–water partition coefficient (Wildman–Crippen LogP) is 3.05. The molecule has 0 unspecified atom stereocenters. The summed E-state index contributed by atoms with van der Waals surface area (Å²) < 4.78 is 5.59. The van der Waals surface area contributed by atoms with Crippen LogP contribution in [0.25, 0.3) is 0 Å². The number of anilines is 3. The van der Waals surface area contributed by atoms with E-state index in [1.807, 2.05) is 44.2 Å². The van der Waals surface area contributed by atoms with Gasteiger partial charge in [0.2, 0.25) is 5.95 Å². The van der Waals surface area contributed by atoms with Crippen LogP contribution in [0.4, 0.5) is 17.5 Å². The quantitative estimate of drug-likeness (QED) is 0.863. The molecule has 1 aromatic heterocycles. The Morgan fingerprint density at radius 1 is 1.11 bits per heavy atom. The normalized spacial score (nSPS) is 10.3. The number of hydrogen-bond acceptors (Lipinski definition) is 5. The van der Waals surface area contributed by atoms with Crippen LogP contribution < -0.4 is 15.4 Å². The maximum atomic E-state index is 5.59. The van der Waals surface area contributed by atoms with E-state index < -0.39 is 0 Å². The van der Waals surface area contributed by atoms with Gasteiger partial charge in [-0.05, 0) is 44.2 Å². The summed E-state index contributed by atoms with van der Waals surface area (Å²) in [5, 5.41) is 6.11. The van der Waals surface area contributed by atoms with E-state index in [4.69, 9.17) is 4.74 Å². The Labute approximate surface area is 113 Å². The second-order valence-electron chi connectivity index (χ2n) is 4.33. The van der Waals surface area contributed by atoms with Crippen LogP contribution in [0.3, 0.4) is 0 Å². The van der Waals surface area contributed by atoms with Crippen molar-refractivity contribution in [3.63, 3.8) is 0 Å². The molecule has 0 atom stereocenters. The summed E-state index contributed by atoms with van der Waals surface area (Å²) in [5.41, 5.74) is 0.955. The van der Waals surface area contributed by atoms with Gasteiger partial charge in [-0.15, -0.1) is 0 Å². The van der Waals surface area contributed by atoms with Gasteiger partial charge in [-0.2, -0.15) is 4.98 Å². The molecule has 0 radical (unpaired) electrons. The fourth-order valence-corrected chi connectivity index (χ4v) is 1.59. The highest BCUT2D eigenvalue weighted by molar-refractivity contribution is 5.57. The summed E-state index contributed by atoms with van der Waals surface area (Å²) in [6.07, 6.45) is 1.89. The van der Waals surface area contributed by atoms with E-state index in [0.717, 1.165) is 17.3 Å². The van der Waals surface area contributed by atoms with E-state index in [-0.39, 0.29) is 6.10 Å². The Hall–Kier alpha value is -2.30. The molecule has 5 heteroatoms. The van der Waals surface area contributed by atoms with Crippen molar-refractivity contribution in [2.24, 2.45) is 0 Å². The number of ether oxygens (including phenoxy) is 1. The minimum absolute atomic E-state index is 0.180. The maximum absolute atomic E-state index is 5.59. The second kappa shape index (κ2) is 6.04. The smallest absolute Gasteiger partial charge is 0.224 e. The van der Waals surface area contributed by atoms with E-state index in [1.165, 1.54) is 0 Å². The first-order valence-electron chi connectivity index (χ1n) is 6.22. The maximum Gasteiger partial charge on any atom is 0.224 e. The first kappa shape index (κ1) is 13.1. The van der Waals surface area contributed by atoms with E-state index in [9.17, 15) is 0 Å². The molecule has 2 N–H and O–H groups in total. The zero-order chi connectivity index (χ0) is 13.7. The summed E-state index contributed by atoms with van der Waals surface area (Å²) in [4.78, 5) is 8.36. The van der Waals surface area contributed by atoms with Gasteiger partial charge in [0.05, 0.1) is 6.10 Å². The van der Waals surface area contributed by atoms with Crippen LogP contribution in [0.2, 0.25) is 0 Å². The zero-order valence-electron chi connectivity index (χ0n) is 11.3.